The summed E-state index contributed by atoms with van der Waals surface area (Å²) in [5, 5.41) is 0. The summed E-state index contributed by atoms with van der Waals surface area (Å²) < 4.78 is 5.27. The minimum absolute atomic E-state index is 0.210. The molecule has 2 fully saturated rings. The highest BCUT2D eigenvalue weighted by Gasteiger charge is 2.17. The fourth-order valence-corrected chi connectivity index (χ4v) is 2.90. The van der Waals surface area contributed by atoms with Gasteiger partial charge in [-0.25, -0.2) is 0 Å². The molecule has 0 N–H and O–H groups in total. The fraction of sp³-hybridized carbons (Fsp3) is 0.562. The van der Waals surface area contributed by atoms with Gasteiger partial charge >= 0.3 is 0 Å². The number of nitrogens with zero attached hydrogens (tertiary/aromatic N) is 2. The lowest BCUT2D eigenvalue weighted by Crippen LogP contribution is -2.41. The van der Waals surface area contributed by atoms with E-state index in [2.05, 4.69) is 29.2 Å². The van der Waals surface area contributed by atoms with Crippen LogP contribution in [0.25, 0.3) is 0 Å². The molecule has 0 unspecified atom stereocenters. The van der Waals surface area contributed by atoms with E-state index in [0.717, 1.165) is 31.7 Å². The van der Waals surface area contributed by atoms with Crippen LogP contribution in [-0.2, 0) is 16.0 Å². The molecule has 1 aromatic rings. The second kappa shape index (κ2) is 6.27. The van der Waals surface area contributed by atoms with Gasteiger partial charge in [-0.05, 0) is 30.5 Å². The van der Waals surface area contributed by atoms with Gasteiger partial charge in [0.25, 0.3) is 0 Å². The molecule has 0 aliphatic carbocycles. The molecule has 1 amide bonds. The number of carbonyl (C=O) groups excluding carboxylic acids is 1. The van der Waals surface area contributed by atoms with Gasteiger partial charge in [-0.1, -0.05) is 12.1 Å². The van der Waals surface area contributed by atoms with Crippen LogP contribution in [0.4, 0.5) is 5.69 Å². The molecule has 2 heterocycles. The van der Waals surface area contributed by atoms with Crippen molar-refractivity contribution < 1.29 is 9.53 Å². The Morgan fingerprint density at radius 3 is 2.30 bits per heavy atom. The second-order valence-electron chi connectivity index (χ2n) is 5.53. The number of anilines is 1. The number of morpholine rings is 1. The van der Waals surface area contributed by atoms with Gasteiger partial charge in [0.2, 0.25) is 5.91 Å². The molecule has 0 radical (unpaired) electrons. The standard InChI is InChI=1S/C16H22N2O2/c19-16(18-9-11-20-12-10-18)13-14-3-5-15(6-4-14)17-7-1-2-8-17/h3-6H,1-2,7-13H2. The van der Waals surface area contributed by atoms with E-state index in [9.17, 15) is 4.79 Å². The van der Waals surface area contributed by atoms with Crippen LogP contribution in [0.15, 0.2) is 24.3 Å². The summed E-state index contributed by atoms with van der Waals surface area (Å²) in [5.74, 6) is 0.210. The van der Waals surface area contributed by atoms with Crippen molar-refractivity contribution in [2.45, 2.75) is 19.3 Å². The van der Waals surface area contributed by atoms with E-state index in [4.69, 9.17) is 4.74 Å². The Balaban J connectivity index is 1.58. The first-order valence-corrected chi connectivity index (χ1v) is 7.52. The third kappa shape index (κ3) is 3.12. The number of ether oxygens (including phenoxy) is 1. The zero-order chi connectivity index (χ0) is 13.8. The fourth-order valence-electron chi connectivity index (χ4n) is 2.90. The molecule has 20 heavy (non-hydrogen) atoms. The smallest absolute Gasteiger partial charge is 0.227 e. The molecule has 108 valence electrons. The normalized spacial score (nSPS) is 19.4. The summed E-state index contributed by atoms with van der Waals surface area (Å²) in [6.45, 7) is 5.10. The lowest BCUT2D eigenvalue weighted by atomic mass is 10.1. The average Bonchev–Trinajstić information content (AvgIpc) is 3.03. The molecule has 0 aromatic heterocycles. The van der Waals surface area contributed by atoms with Crippen molar-refractivity contribution in [1.82, 2.24) is 4.90 Å². The van der Waals surface area contributed by atoms with E-state index < -0.39 is 0 Å². The number of rotatable bonds is 3. The van der Waals surface area contributed by atoms with Gasteiger partial charge in [-0.2, -0.15) is 0 Å². The SMILES string of the molecule is O=C(Cc1ccc(N2CCCC2)cc1)N1CCOCC1. The number of carbonyl (C=O) groups is 1. The number of benzene rings is 1. The molecule has 2 saturated heterocycles. The molecule has 3 rings (SSSR count). The van der Waals surface area contributed by atoms with Gasteiger partial charge in [0.15, 0.2) is 0 Å². The monoisotopic (exact) mass is 274 g/mol. The van der Waals surface area contributed by atoms with E-state index in [-0.39, 0.29) is 5.91 Å². The molecule has 1 aromatic carbocycles. The first kappa shape index (κ1) is 13.4. The summed E-state index contributed by atoms with van der Waals surface area (Å²) in [4.78, 5) is 16.5. The Kier molecular flexibility index (Phi) is 4.21. The maximum atomic E-state index is 12.2. The van der Waals surface area contributed by atoms with Gasteiger partial charge in [-0.15, -0.1) is 0 Å². The van der Waals surface area contributed by atoms with Crippen molar-refractivity contribution in [3.05, 3.63) is 29.8 Å². The summed E-state index contributed by atoms with van der Waals surface area (Å²) >= 11 is 0. The van der Waals surface area contributed by atoms with E-state index >= 15 is 0 Å². The molecule has 2 aliphatic heterocycles. The lowest BCUT2D eigenvalue weighted by Gasteiger charge is -2.27. The van der Waals surface area contributed by atoms with Gasteiger partial charge in [0.1, 0.15) is 0 Å². The number of amides is 1. The van der Waals surface area contributed by atoms with Crippen LogP contribution in [0.5, 0.6) is 0 Å². The van der Waals surface area contributed by atoms with Crippen LogP contribution in [0.2, 0.25) is 0 Å². The number of hydrogen-bond donors (Lipinski definition) is 0. The van der Waals surface area contributed by atoms with E-state index in [0.29, 0.717) is 19.6 Å². The topological polar surface area (TPSA) is 32.8 Å². The Morgan fingerprint density at radius 1 is 1.00 bits per heavy atom. The Hall–Kier alpha value is -1.55. The van der Waals surface area contributed by atoms with E-state index in [1.165, 1.54) is 18.5 Å². The Morgan fingerprint density at radius 2 is 1.65 bits per heavy atom. The second-order valence-corrected chi connectivity index (χ2v) is 5.53. The molecule has 0 spiro atoms. The summed E-state index contributed by atoms with van der Waals surface area (Å²) in [6, 6.07) is 8.47. The molecular formula is C16H22N2O2. The maximum Gasteiger partial charge on any atom is 0.227 e. The molecular weight excluding hydrogens is 252 g/mol. The van der Waals surface area contributed by atoms with Crippen LogP contribution in [0.3, 0.4) is 0 Å². The van der Waals surface area contributed by atoms with Crippen LogP contribution in [-0.4, -0.2) is 50.2 Å². The highest BCUT2D eigenvalue weighted by Crippen LogP contribution is 2.20. The molecule has 0 saturated carbocycles. The zero-order valence-electron chi connectivity index (χ0n) is 11.9. The molecule has 4 nitrogen and oxygen atoms in total. The largest absolute Gasteiger partial charge is 0.378 e. The van der Waals surface area contributed by atoms with Crippen molar-refractivity contribution in [1.29, 1.82) is 0 Å². The molecule has 0 atom stereocenters. The highest BCUT2D eigenvalue weighted by molar-refractivity contribution is 5.79. The molecule has 4 heteroatoms. The van der Waals surface area contributed by atoms with Crippen molar-refractivity contribution in [3.8, 4) is 0 Å². The van der Waals surface area contributed by atoms with Crippen LogP contribution >= 0.6 is 0 Å². The molecule has 0 bridgehead atoms. The van der Waals surface area contributed by atoms with Crippen molar-refractivity contribution in [2.75, 3.05) is 44.3 Å². The summed E-state index contributed by atoms with van der Waals surface area (Å²) in [5.41, 5.74) is 2.38. The first-order chi connectivity index (χ1) is 9.83. The van der Waals surface area contributed by atoms with Crippen LogP contribution in [0.1, 0.15) is 18.4 Å². The van der Waals surface area contributed by atoms with Gasteiger partial charge < -0.3 is 14.5 Å². The van der Waals surface area contributed by atoms with Crippen molar-refractivity contribution >= 4 is 11.6 Å². The van der Waals surface area contributed by atoms with Gasteiger partial charge in [0.05, 0.1) is 19.6 Å². The van der Waals surface area contributed by atoms with Crippen molar-refractivity contribution in [2.24, 2.45) is 0 Å². The van der Waals surface area contributed by atoms with Gasteiger partial charge in [0, 0.05) is 31.9 Å². The van der Waals surface area contributed by atoms with Crippen LogP contribution in [0, 0.1) is 0 Å². The zero-order valence-corrected chi connectivity index (χ0v) is 11.9. The van der Waals surface area contributed by atoms with Crippen molar-refractivity contribution in [3.63, 3.8) is 0 Å². The number of hydrogen-bond acceptors (Lipinski definition) is 3. The molecule has 2 aliphatic rings. The summed E-state index contributed by atoms with van der Waals surface area (Å²) in [6.07, 6.45) is 3.08. The predicted molar refractivity (Wildman–Crippen MR) is 79.0 cm³/mol. The third-order valence-electron chi connectivity index (χ3n) is 4.13. The van der Waals surface area contributed by atoms with Crippen LogP contribution < -0.4 is 4.90 Å². The Bertz CT molecular complexity index is 446. The maximum absolute atomic E-state index is 12.2. The van der Waals surface area contributed by atoms with E-state index in [1.807, 2.05) is 4.90 Å². The van der Waals surface area contributed by atoms with Gasteiger partial charge in [-0.3, -0.25) is 4.79 Å². The lowest BCUT2D eigenvalue weighted by molar-refractivity contribution is -0.134. The minimum atomic E-state index is 0.210. The predicted octanol–water partition coefficient (Wildman–Crippen LogP) is 1.69. The first-order valence-electron chi connectivity index (χ1n) is 7.52. The third-order valence-corrected chi connectivity index (χ3v) is 4.13. The Labute approximate surface area is 120 Å². The summed E-state index contributed by atoms with van der Waals surface area (Å²) in [7, 11) is 0. The van der Waals surface area contributed by atoms with E-state index in [1.54, 1.807) is 0 Å². The minimum Gasteiger partial charge on any atom is -0.378 e. The highest BCUT2D eigenvalue weighted by atomic mass is 16.5. The average molecular weight is 274 g/mol. The quantitative estimate of drug-likeness (QED) is 0.841.